The molecule has 0 unspecified atom stereocenters. The third-order valence-corrected chi connectivity index (χ3v) is 5.30. The quantitative estimate of drug-likeness (QED) is 0.912. The molecule has 0 amide bonds. The molecule has 0 atom stereocenters. The summed E-state index contributed by atoms with van der Waals surface area (Å²) in [6, 6.07) is 9.65. The Hall–Kier alpha value is -2.50. The van der Waals surface area contributed by atoms with Crippen LogP contribution in [-0.2, 0) is 6.42 Å². The van der Waals surface area contributed by atoms with Crippen LogP contribution in [0.15, 0.2) is 30.3 Å². The van der Waals surface area contributed by atoms with E-state index in [4.69, 9.17) is 9.97 Å². The number of nitrogens with zero attached hydrogens (tertiary/aromatic N) is 5. The molecule has 4 rings (SSSR count). The number of anilines is 3. The molecule has 3 heterocycles. The predicted octanol–water partition coefficient (Wildman–Crippen LogP) is 2.67. The molecule has 2 aromatic rings. The fraction of sp³-hybridized carbons (Fsp3) is 0.500. The van der Waals surface area contributed by atoms with Gasteiger partial charge in [-0.1, -0.05) is 13.0 Å². The number of phenolic OH excluding ortho intramolecular Hbond substituents is 1. The molecule has 138 valence electrons. The van der Waals surface area contributed by atoms with Crippen molar-refractivity contribution in [3.63, 3.8) is 0 Å². The maximum Gasteiger partial charge on any atom is 0.227 e. The maximum atomic E-state index is 9.71. The molecule has 1 aromatic heterocycles. The zero-order valence-electron chi connectivity index (χ0n) is 15.4. The number of hydrogen-bond acceptors (Lipinski definition) is 6. The molecule has 6 nitrogen and oxygen atoms in total. The summed E-state index contributed by atoms with van der Waals surface area (Å²) >= 11 is 0. The van der Waals surface area contributed by atoms with E-state index < -0.39 is 0 Å². The molecule has 2 aliphatic rings. The SMILES string of the molecule is CCc1cc(N2CCN(c3cccc(O)c3)CC2)nc(N2CCCC2)n1. The number of piperazine rings is 1. The lowest BCUT2D eigenvalue weighted by Gasteiger charge is -2.37. The minimum atomic E-state index is 0.323. The van der Waals surface area contributed by atoms with Crippen molar-refractivity contribution in [2.45, 2.75) is 26.2 Å². The Balaban J connectivity index is 1.49. The first-order valence-electron chi connectivity index (χ1n) is 9.65. The van der Waals surface area contributed by atoms with Gasteiger partial charge in [0.1, 0.15) is 11.6 Å². The Morgan fingerprint density at radius 3 is 2.31 bits per heavy atom. The highest BCUT2D eigenvalue weighted by Gasteiger charge is 2.22. The van der Waals surface area contributed by atoms with Gasteiger partial charge in [-0.3, -0.25) is 0 Å². The largest absolute Gasteiger partial charge is 0.508 e. The predicted molar refractivity (Wildman–Crippen MR) is 105 cm³/mol. The second-order valence-corrected chi connectivity index (χ2v) is 7.06. The van der Waals surface area contributed by atoms with Crippen LogP contribution in [0.2, 0.25) is 0 Å². The van der Waals surface area contributed by atoms with Crippen molar-refractivity contribution in [2.75, 3.05) is 54.0 Å². The van der Waals surface area contributed by atoms with E-state index in [1.54, 1.807) is 6.07 Å². The van der Waals surface area contributed by atoms with Crippen LogP contribution in [0.3, 0.4) is 0 Å². The molecule has 0 spiro atoms. The van der Waals surface area contributed by atoms with Gasteiger partial charge in [-0.05, 0) is 31.4 Å². The average molecular weight is 353 g/mol. The zero-order chi connectivity index (χ0) is 17.9. The van der Waals surface area contributed by atoms with E-state index in [-0.39, 0.29) is 0 Å². The van der Waals surface area contributed by atoms with E-state index in [0.29, 0.717) is 5.75 Å². The first-order chi connectivity index (χ1) is 12.7. The monoisotopic (exact) mass is 353 g/mol. The summed E-state index contributed by atoms with van der Waals surface area (Å²) in [5.41, 5.74) is 2.20. The second kappa shape index (κ2) is 7.40. The fourth-order valence-electron chi connectivity index (χ4n) is 3.75. The Morgan fingerprint density at radius 2 is 1.62 bits per heavy atom. The van der Waals surface area contributed by atoms with Crippen LogP contribution in [0.25, 0.3) is 0 Å². The molecule has 0 saturated carbocycles. The van der Waals surface area contributed by atoms with Gasteiger partial charge in [0.25, 0.3) is 0 Å². The van der Waals surface area contributed by atoms with Gasteiger partial charge in [0.15, 0.2) is 0 Å². The van der Waals surface area contributed by atoms with Crippen LogP contribution < -0.4 is 14.7 Å². The Morgan fingerprint density at radius 1 is 0.885 bits per heavy atom. The minimum Gasteiger partial charge on any atom is -0.508 e. The fourth-order valence-corrected chi connectivity index (χ4v) is 3.75. The van der Waals surface area contributed by atoms with Crippen molar-refractivity contribution in [1.29, 1.82) is 0 Å². The van der Waals surface area contributed by atoms with E-state index in [1.165, 1.54) is 12.8 Å². The van der Waals surface area contributed by atoms with Crippen molar-refractivity contribution in [2.24, 2.45) is 0 Å². The molecule has 0 bridgehead atoms. The van der Waals surface area contributed by atoms with Gasteiger partial charge >= 0.3 is 0 Å². The zero-order valence-corrected chi connectivity index (χ0v) is 15.4. The van der Waals surface area contributed by atoms with Gasteiger partial charge in [0.05, 0.1) is 0 Å². The lowest BCUT2D eigenvalue weighted by molar-refractivity contribution is 0.475. The summed E-state index contributed by atoms with van der Waals surface area (Å²) in [7, 11) is 0. The smallest absolute Gasteiger partial charge is 0.227 e. The lowest BCUT2D eigenvalue weighted by Crippen LogP contribution is -2.47. The normalized spacial score (nSPS) is 17.8. The van der Waals surface area contributed by atoms with Crippen molar-refractivity contribution in [3.8, 4) is 5.75 Å². The number of phenols is 1. The molecular weight excluding hydrogens is 326 g/mol. The molecule has 0 aliphatic carbocycles. The number of aryl methyl sites for hydroxylation is 1. The third-order valence-electron chi connectivity index (χ3n) is 5.30. The van der Waals surface area contributed by atoms with Crippen LogP contribution in [0, 0.1) is 0 Å². The van der Waals surface area contributed by atoms with Gasteiger partial charge in [-0.25, -0.2) is 4.98 Å². The van der Waals surface area contributed by atoms with Crippen LogP contribution in [-0.4, -0.2) is 54.3 Å². The topological polar surface area (TPSA) is 55.7 Å². The molecule has 26 heavy (non-hydrogen) atoms. The summed E-state index contributed by atoms with van der Waals surface area (Å²) in [5, 5.41) is 9.71. The number of rotatable bonds is 4. The van der Waals surface area contributed by atoms with Crippen molar-refractivity contribution >= 4 is 17.5 Å². The summed E-state index contributed by atoms with van der Waals surface area (Å²) < 4.78 is 0. The molecule has 2 aliphatic heterocycles. The van der Waals surface area contributed by atoms with Crippen LogP contribution in [0.1, 0.15) is 25.5 Å². The lowest BCUT2D eigenvalue weighted by atomic mass is 10.2. The molecule has 6 heteroatoms. The summed E-state index contributed by atoms with van der Waals surface area (Å²) in [4.78, 5) is 16.6. The molecule has 1 N–H and O–H groups in total. The number of hydrogen-bond donors (Lipinski definition) is 1. The maximum absolute atomic E-state index is 9.71. The van der Waals surface area contributed by atoms with Crippen LogP contribution in [0.5, 0.6) is 5.75 Å². The molecule has 1 aromatic carbocycles. The van der Waals surface area contributed by atoms with E-state index in [2.05, 4.69) is 33.8 Å². The summed E-state index contributed by atoms with van der Waals surface area (Å²) in [6.45, 7) is 7.99. The van der Waals surface area contributed by atoms with E-state index >= 15 is 0 Å². The highest BCUT2D eigenvalue weighted by Crippen LogP contribution is 2.25. The van der Waals surface area contributed by atoms with Crippen molar-refractivity contribution < 1.29 is 5.11 Å². The number of aromatic hydroxyl groups is 1. The Bertz CT molecular complexity index is 752. The first-order valence-corrected chi connectivity index (χ1v) is 9.65. The first kappa shape index (κ1) is 16.9. The van der Waals surface area contributed by atoms with Gasteiger partial charge in [-0.2, -0.15) is 4.98 Å². The second-order valence-electron chi connectivity index (χ2n) is 7.06. The van der Waals surface area contributed by atoms with Gasteiger partial charge < -0.3 is 19.8 Å². The molecule has 2 saturated heterocycles. The van der Waals surface area contributed by atoms with E-state index in [1.807, 2.05) is 12.1 Å². The van der Waals surface area contributed by atoms with E-state index in [0.717, 1.165) is 68.8 Å². The van der Waals surface area contributed by atoms with Crippen molar-refractivity contribution in [3.05, 3.63) is 36.0 Å². The Kier molecular flexibility index (Phi) is 4.82. The van der Waals surface area contributed by atoms with Gasteiger partial charge in [0, 0.05) is 62.8 Å². The number of aromatic nitrogens is 2. The Labute approximate surface area is 155 Å². The molecular formula is C20H27N5O. The molecule has 2 fully saturated rings. The van der Waals surface area contributed by atoms with Crippen LogP contribution >= 0.6 is 0 Å². The minimum absolute atomic E-state index is 0.323. The van der Waals surface area contributed by atoms with Crippen LogP contribution in [0.4, 0.5) is 17.5 Å². The number of benzene rings is 1. The highest BCUT2D eigenvalue weighted by atomic mass is 16.3. The third kappa shape index (κ3) is 3.54. The highest BCUT2D eigenvalue weighted by molar-refractivity contribution is 5.53. The summed E-state index contributed by atoms with van der Waals surface area (Å²) in [5.74, 6) is 2.27. The summed E-state index contributed by atoms with van der Waals surface area (Å²) in [6.07, 6.45) is 3.40. The molecule has 0 radical (unpaired) electrons. The van der Waals surface area contributed by atoms with Crippen molar-refractivity contribution in [1.82, 2.24) is 9.97 Å². The van der Waals surface area contributed by atoms with Gasteiger partial charge in [-0.15, -0.1) is 0 Å². The van der Waals surface area contributed by atoms with E-state index in [9.17, 15) is 5.11 Å². The average Bonchev–Trinajstić information content (AvgIpc) is 3.23. The standard InChI is InChI=1S/C20H27N5O/c1-2-16-14-19(22-20(21-16)25-8-3-4-9-25)24-12-10-23(11-13-24)17-6-5-7-18(26)15-17/h5-7,14-15,26H,2-4,8-13H2,1H3. The van der Waals surface area contributed by atoms with Gasteiger partial charge in [0.2, 0.25) is 5.95 Å².